The summed E-state index contributed by atoms with van der Waals surface area (Å²) in [7, 11) is -0.424. The fourth-order valence-electron chi connectivity index (χ4n) is 4.49. The Balaban J connectivity index is 1.30. The highest BCUT2D eigenvalue weighted by atomic mass is 32.2. The van der Waals surface area contributed by atoms with E-state index in [1.54, 1.807) is 30.3 Å². The lowest BCUT2D eigenvalue weighted by atomic mass is 10.2. The molecular weight excluding hydrogens is 516 g/mol. The van der Waals surface area contributed by atoms with Gasteiger partial charge in [-0.15, -0.1) is 4.37 Å². The van der Waals surface area contributed by atoms with E-state index < -0.39 is 10.0 Å². The number of fused-ring (bicyclic) bond motifs is 1. The summed E-state index contributed by atoms with van der Waals surface area (Å²) < 4.78 is 36.6. The Bertz CT molecular complexity index is 1530. The fourth-order valence-corrected chi connectivity index (χ4v) is 6.33. The largest absolute Gasteiger partial charge is 0.466 e. The smallest absolute Gasteiger partial charge is 0.329 e. The van der Waals surface area contributed by atoms with Crippen molar-refractivity contribution in [3.8, 4) is 6.01 Å². The van der Waals surface area contributed by atoms with Gasteiger partial charge in [0.05, 0.1) is 17.4 Å². The van der Waals surface area contributed by atoms with Gasteiger partial charge in [0.1, 0.15) is 12.1 Å². The number of benzene rings is 1. The molecule has 0 saturated heterocycles. The number of urea groups is 1. The molecule has 3 aromatic heterocycles. The topological polar surface area (TPSA) is 144 Å². The standard InChI is InChI=1S/C23H26N8O4S2/c1-14-4-8-17(9-5-14)37(33,34)31-11-10-18-19(24-13-25-20(18)31)30(2)16-7-6-15(12-16)26-21(32)27-23-28-22(35-3)29-36-23/h4-5,8-11,13,15-16H,6-7,12H2,1-3H3,(H2,26,27,28,29,32)/t15-,16-/m0/s1. The quantitative estimate of drug-likeness (QED) is 0.360. The molecular formula is C23H26N8O4S2. The van der Waals surface area contributed by atoms with E-state index in [4.69, 9.17) is 4.74 Å². The van der Waals surface area contributed by atoms with Crippen LogP contribution in [0.2, 0.25) is 0 Å². The summed E-state index contributed by atoms with van der Waals surface area (Å²) in [6.45, 7) is 1.90. The Labute approximate surface area is 217 Å². The van der Waals surface area contributed by atoms with Crippen LogP contribution >= 0.6 is 11.5 Å². The molecule has 1 saturated carbocycles. The van der Waals surface area contributed by atoms with Crippen molar-refractivity contribution in [2.45, 2.75) is 43.2 Å². The number of rotatable bonds is 7. The molecule has 1 aliphatic carbocycles. The van der Waals surface area contributed by atoms with Gasteiger partial charge < -0.3 is 15.0 Å². The van der Waals surface area contributed by atoms with E-state index in [-0.39, 0.29) is 29.0 Å². The Kier molecular flexibility index (Phi) is 6.69. The van der Waals surface area contributed by atoms with Crippen LogP contribution in [0.25, 0.3) is 11.0 Å². The second-order valence-corrected chi connectivity index (χ2v) is 11.4. The minimum absolute atomic E-state index is 0.0360. The first-order valence-electron chi connectivity index (χ1n) is 11.6. The Morgan fingerprint density at radius 3 is 2.70 bits per heavy atom. The van der Waals surface area contributed by atoms with Gasteiger partial charge in [0.2, 0.25) is 5.13 Å². The van der Waals surface area contributed by atoms with Crippen LogP contribution < -0.4 is 20.3 Å². The Hall–Kier alpha value is -3.78. The number of aromatic nitrogens is 5. The lowest BCUT2D eigenvalue weighted by molar-refractivity contribution is 0.248. The van der Waals surface area contributed by atoms with E-state index in [2.05, 4.69) is 30.0 Å². The van der Waals surface area contributed by atoms with Gasteiger partial charge in [0, 0.05) is 36.9 Å². The summed E-state index contributed by atoms with van der Waals surface area (Å²) in [5, 5.41) is 6.65. The lowest BCUT2D eigenvalue weighted by Crippen LogP contribution is -2.38. The molecule has 1 fully saturated rings. The van der Waals surface area contributed by atoms with Crippen molar-refractivity contribution < 1.29 is 17.9 Å². The number of hydrogen-bond donors (Lipinski definition) is 2. The van der Waals surface area contributed by atoms with Crippen molar-refractivity contribution in [2.24, 2.45) is 0 Å². The number of aryl methyl sites for hydroxylation is 1. The number of carbonyl (C=O) groups is 1. The first kappa shape index (κ1) is 24.9. The highest BCUT2D eigenvalue weighted by Gasteiger charge is 2.31. The van der Waals surface area contributed by atoms with E-state index in [9.17, 15) is 13.2 Å². The SMILES string of the molecule is COc1nsc(NC(=O)N[C@H]2CC[C@H](N(C)c3ncnc4c3ccn4S(=O)(=O)c3ccc(C)cc3)C2)n1. The Morgan fingerprint density at radius 1 is 1.19 bits per heavy atom. The molecule has 3 heterocycles. The van der Waals surface area contributed by atoms with Crippen LogP contribution in [0.5, 0.6) is 6.01 Å². The number of nitrogens with zero attached hydrogens (tertiary/aromatic N) is 6. The third-order valence-electron chi connectivity index (χ3n) is 6.44. The summed E-state index contributed by atoms with van der Waals surface area (Å²) >= 11 is 1.04. The summed E-state index contributed by atoms with van der Waals surface area (Å²) in [6, 6.07) is 8.36. The molecule has 5 rings (SSSR count). The van der Waals surface area contributed by atoms with Crippen LogP contribution in [0.15, 0.2) is 47.8 Å². The van der Waals surface area contributed by atoms with Crippen LogP contribution in [0.3, 0.4) is 0 Å². The predicted octanol–water partition coefficient (Wildman–Crippen LogP) is 3.02. The molecule has 12 nitrogen and oxygen atoms in total. The predicted molar refractivity (Wildman–Crippen MR) is 140 cm³/mol. The highest BCUT2D eigenvalue weighted by molar-refractivity contribution is 7.90. The summed E-state index contributed by atoms with van der Waals surface area (Å²) in [6.07, 6.45) is 5.22. The van der Waals surface area contributed by atoms with Crippen LogP contribution in [-0.4, -0.2) is 64.0 Å². The van der Waals surface area contributed by atoms with Crippen molar-refractivity contribution in [3.63, 3.8) is 0 Å². The molecule has 0 bridgehead atoms. The summed E-state index contributed by atoms with van der Waals surface area (Å²) in [4.78, 5) is 27.4. The fraction of sp³-hybridized carbons (Fsp3) is 0.348. The van der Waals surface area contributed by atoms with E-state index in [0.29, 0.717) is 28.4 Å². The van der Waals surface area contributed by atoms with Crippen molar-refractivity contribution >= 4 is 49.6 Å². The number of amides is 2. The van der Waals surface area contributed by atoms with Gasteiger partial charge in [-0.3, -0.25) is 5.32 Å². The van der Waals surface area contributed by atoms with Crippen LogP contribution in [0, 0.1) is 6.92 Å². The van der Waals surface area contributed by atoms with E-state index in [1.165, 1.54) is 23.6 Å². The van der Waals surface area contributed by atoms with Gasteiger partial charge in [-0.25, -0.2) is 27.2 Å². The molecule has 4 aromatic rings. The zero-order chi connectivity index (χ0) is 26.2. The van der Waals surface area contributed by atoms with Gasteiger partial charge >= 0.3 is 12.0 Å². The molecule has 37 heavy (non-hydrogen) atoms. The average molecular weight is 543 g/mol. The number of nitrogens with one attached hydrogen (secondary N) is 2. The normalized spacial score (nSPS) is 17.6. The average Bonchev–Trinajstić information content (AvgIpc) is 3.63. The van der Waals surface area contributed by atoms with Gasteiger partial charge in [-0.1, -0.05) is 17.7 Å². The molecule has 0 radical (unpaired) electrons. The zero-order valence-electron chi connectivity index (χ0n) is 20.5. The second kappa shape index (κ2) is 9.94. The van der Waals surface area contributed by atoms with E-state index in [0.717, 1.165) is 29.9 Å². The molecule has 0 aliphatic heterocycles. The van der Waals surface area contributed by atoms with Gasteiger partial charge in [-0.2, -0.15) is 4.98 Å². The maximum absolute atomic E-state index is 13.3. The third kappa shape index (κ3) is 4.93. The molecule has 2 amide bonds. The lowest BCUT2D eigenvalue weighted by Gasteiger charge is -2.26. The highest BCUT2D eigenvalue weighted by Crippen LogP contribution is 2.32. The maximum atomic E-state index is 13.3. The molecule has 14 heteroatoms. The number of carbonyl (C=O) groups excluding carboxylic acids is 1. The summed E-state index contributed by atoms with van der Waals surface area (Å²) in [5.41, 5.74) is 1.29. The Morgan fingerprint density at radius 2 is 1.97 bits per heavy atom. The third-order valence-corrected chi connectivity index (χ3v) is 8.73. The number of methoxy groups -OCH3 is 1. The van der Waals surface area contributed by atoms with Crippen LogP contribution in [-0.2, 0) is 10.0 Å². The number of hydrogen-bond acceptors (Lipinski definition) is 10. The van der Waals surface area contributed by atoms with Crippen LogP contribution in [0.1, 0.15) is 24.8 Å². The maximum Gasteiger partial charge on any atom is 0.329 e. The molecule has 0 spiro atoms. The van der Waals surface area contributed by atoms with Crippen molar-refractivity contribution in [3.05, 3.63) is 48.4 Å². The molecule has 0 unspecified atom stereocenters. The molecule has 194 valence electrons. The first-order chi connectivity index (χ1) is 17.8. The zero-order valence-corrected chi connectivity index (χ0v) is 22.1. The van der Waals surface area contributed by atoms with Crippen molar-refractivity contribution in [1.82, 2.24) is 28.6 Å². The number of anilines is 2. The molecule has 2 atom stereocenters. The van der Waals surface area contributed by atoms with Crippen molar-refractivity contribution in [2.75, 3.05) is 24.4 Å². The van der Waals surface area contributed by atoms with Crippen molar-refractivity contribution in [1.29, 1.82) is 0 Å². The van der Waals surface area contributed by atoms with Gasteiger partial charge in [-0.05, 0) is 44.4 Å². The van der Waals surface area contributed by atoms with Crippen LogP contribution in [0.4, 0.5) is 15.7 Å². The summed E-state index contributed by atoms with van der Waals surface area (Å²) in [5.74, 6) is 0.638. The molecule has 2 N–H and O–H groups in total. The molecule has 1 aromatic carbocycles. The second-order valence-electron chi connectivity index (χ2n) is 8.82. The van der Waals surface area contributed by atoms with E-state index >= 15 is 0 Å². The number of ether oxygens (including phenoxy) is 1. The van der Waals surface area contributed by atoms with E-state index in [1.807, 2.05) is 18.9 Å². The molecule has 1 aliphatic rings. The minimum atomic E-state index is -3.81. The minimum Gasteiger partial charge on any atom is -0.466 e. The van der Waals surface area contributed by atoms with Gasteiger partial charge in [0.25, 0.3) is 10.0 Å². The first-order valence-corrected chi connectivity index (χ1v) is 13.8. The monoisotopic (exact) mass is 542 g/mol. The van der Waals surface area contributed by atoms with Gasteiger partial charge in [0.15, 0.2) is 5.65 Å².